The highest BCUT2D eigenvalue weighted by Gasteiger charge is 2.05. The van der Waals surface area contributed by atoms with Gasteiger partial charge in [0, 0.05) is 24.7 Å². The van der Waals surface area contributed by atoms with Crippen LogP contribution < -0.4 is 14.8 Å². The van der Waals surface area contributed by atoms with E-state index in [0.29, 0.717) is 13.1 Å². The minimum atomic E-state index is -0.405. The summed E-state index contributed by atoms with van der Waals surface area (Å²) in [6.07, 6.45) is 0. The van der Waals surface area contributed by atoms with Crippen LogP contribution in [0.3, 0.4) is 0 Å². The first-order chi connectivity index (χ1) is 10.1. The molecule has 0 aliphatic heterocycles. The summed E-state index contributed by atoms with van der Waals surface area (Å²) in [6.45, 7) is 1.22. The van der Waals surface area contributed by atoms with Crippen molar-refractivity contribution in [2.24, 2.45) is 0 Å². The third-order valence-electron chi connectivity index (χ3n) is 3.12. The molecule has 2 aromatic carbocycles. The molecule has 21 heavy (non-hydrogen) atoms. The second-order valence-electron chi connectivity index (χ2n) is 4.53. The summed E-state index contributed by atoms with van der Waals surface area (Å²) < 4.78 is 23.6. The van der Waals surface area contributed by atoms with Crippen LogP contribution in [0.2, 0.25) is 5.02 Å². The lowest BCUT2D eigenvalue weighted by Crippen LogP contribution is -2.13. The fraction of sp³-hybridized carbons (Fsp3) is 0.250. The Morgan fingerprint density at radius 2 is 1.86 bits per heavy atom. The molecule has 0 saturated heterocycles. The molecule has 0 spiro atoms. The Morgan fingerprint density at radius 1 is 1.05 bits per heavy atom. The van der Waals surface area contributed by atoms with Crippen LogP contribution in [-0.2, 0) is 13.1 Å². The third-order valence-corrected chi connectivity index (χ3v) is 3.41. The Labute approximate surface area is 128 Å². The summed E-state index contributed by atoms with van der Waals surface area (Å²) >= 11 is 5.75. The molecule has 0 fully saturated rings. The van der Waals surface area contributed by atoms with Crippen LogP contribution in [0.4, 0.5) is 4.39 Å². The molecule has 0 unspecified atom stereocenters. The van der Waals surface area contributed by atoms with Crippen LogP contribution in [0.15, 0.2) is 36.4 Å². The second kappa shape index (κ2) is 7.29. The predicted octanol–water partition coefficient (Wildman–Crippen LogP) is 3.79. The summed E-state index contributed by atoms with van der Waals surface area (Å²) in [5, 5.41) is 3.41. The standard InChI is InChI=1S/C16H17ClFNO2/c1-20-13-5-4-12(16(8-13)21-2)10-19-9-11-3-6-15(18)14(17)7-11/h3-8,19H,9-10H2,1-2H3. The molecule has 5 heteroatoms. The van der Waals surface area contributed by atoms with Crippen molar-refractivity contribution in [3.63, 3.8) is 0 Å². The summed E-state index contributed by atoms with van der Waals surface area (Å²) in [4.78, 5) is 0. The fourth-order valence-electron chi connectivity index (χ4n) is 1.99. The summed E-state index contributed by atoms with van der Waals surface area (Å²) in [5.41, 5.74) is 1.94. The molecule has 0 amide bonds. The number of halogens is 2. The topological polar surface area (TPSA) is 30.5 Å². The first kappa shape index (κ1) is 15.6. The first-order valence-corrected chi connectivity index (χ1v) is 6.87. The van der Waals surface area contributed by atoms with Crippen molar-refractivity contribution in [3.8, 4) is 11.5 Å². The van der Waals surface area contributed by atoms with E-state index in [4.69, 9.17) is 21.1 Å². The van der Waals surface area contributed by atoms with Gasteiger partial charge in [-0.15, -0.1) is 0 Å². The second-order valence-corrected chi connectivity index (χ2v) is 4.94. The highest BCUT2D eigenvalue weighted by Crippen LogP contribution is 2.24. The Kier molecular flexibility index (Phi) is 5.42. The first-order valence-electron chi connectivity index (χ1n) is 6.49. The van der Waals surface area contributed by atoms with E-state index < -0.39 is 5.82 Å². The Bertz CT molecular complexity index is 619. The lowest BCUT2D eigenvalue weighted by atomic mass is 10.1. The molecule has 0 aliphatic carbocycles. The lowest BCUT2D eigenvalue weighted by Gasteiger charge is -2.11. The smallest absolute Gasteiger partial charge is 0.141 e. The van der Waals surface area contributed by atoms with Crippen molar-refractivity contribution in [2.75, 3.05) is 14.2 Å². The molecule has 0 atom stereocenters. The van der Waals surface area contributed by atoms with Gasteiger partial charge in [0.15, 0.2) is 0 Å². The van der Waals surface area contributed by atoms with Crippen molar-refractivity contribution in [1.82, 2.24) is 5.32 Å². The van der Waals surface area contributed by atoms with Crippen molar-refractivity contribution >= 4 is 11.6 Å². The van der Waals surface area contributed by atoms with Gasteiger partial charge in [0.2, 0.25) is 0 Å². The molecule has 0 heterocycles. The molecule has 2 rings (SSSR count). The Hall–Kier alpha value is -1.78. The van der Waals surface area contributed by atoms with Gasteiger partial charge in [-0.05, 0) is 23.8 Å². The number of hydrogen-bond donors (Lipinski definition) is 1. The largest absolute Gasteiger partial charge is 0.497 e. The number of nitrogens with one attached hydrogen (secondary N) is 1. The van der Waals surface area contributed by atoms with E-state index in [9.17, 15) is 4.39 Å². The molecular formula is C16H17ClFNO2. The van der Waals surface area contributed by atoms with Crippen LogP contribution >= 0.6 is 11.6 Å². The average molecular weight is 310 g/mol. The van der Waals surface area contributed by atoms with Gasteiger partial charge in [0.05, 0.1) is 19.2 Å². The van der Waals surface area contributed by atoms with Gasteiger partial charge < -0.3 is 14.8 Å². The monoisotopic (exact) mass is 309 g/mol. The van der Waals surface area contributed by atoms with Crippen LogP contribution in [0.25, 0.3) is 0 Å². The third kappa shape index (κ3) is 4.09. The predicted molar refractivity (Wildman–Crippen MR) is 81.5 cm³/mol. The van der Waals surface area contributed by atoms with Crippen molar-refractivity contribution in [2.45, 2.75) is 13.1 Å². The molecule has 0 aromatic heterocycles. The number of ether oxygens (including phenoxy) is 2. The average Bonchev–Trinajstić information content (AvgIpc) is 2.51. The van der Waals surface area contributed by atoms with E-state index in [1.807, 2.05) is 18.2 Å². The van der Waals surface area contributed by atoms with Crippen LogP contribution in [-0.4, -0.2) is 14.2 Å². The normalized spacial score (nSPS) is 10.5. The van der Waals surface area contributed by atoms with E-state index in [2.05, 4.69) is 5.32 Å². The molecule has 0 bridgehead atoms. The zero-order chi connectivity index (χ0) is 15.2. The molecule has 0 aliphatic rings. The van der Waals surface area contributed by atoms with Gasteiger partial charge in [-0.2, -0.15) is 0 Å². The fourth-order valence-corrected chi connectivity index (χ4v) is 2.19. The number of rotatable bonds is 6. The van der Waals surface area contributed by atoms with Crippen molar-refractivity contribution in [3.05, 3.63) is 58.4 Å². The summed E-state index contributed by atoms with van der Waals surface area (Å²) in [7, 11) is 3.24. The van der Waals surface area contributed by atoms with E-state index in [1.54, 1.807) is 26.4 Å². The Balaban J connectivity index is 1.98. The van der Waals surface area contributed by atoms with Gasteiger partial charge in [0.1, 0.15) is 17.3 Å². The zero-order valence-electron chi connectivity index (χ0n) is 12.0. The van der Waals surface area contributed by atoms with Crippen LogP contribution in [0, 0.1) is 5.82 Å². The number of benzene rings is 2. The zero-order valence-corrected chi connectivity index (χ0v) is 12.7. The molecule has 112 valence electrons. The molecule has 3 nitrogen and oxygen atoms in total. The minimum Gasteiger partial charge on any atom is -0.497 e. The van der Waals surface area contributed by atoms with Gasteiger partial charge in [-0.25, -0.2) is 4.39 Å². The number of methoxy groups -OCH3 is 2. The van der Waals surface area contributed by atoms with E-state index >= 15 is 0 Å². The number of hydrogen-bond acceptors (Lipinski definition) is 3. The molecule has 1 N–H and O–H groups in total. The molecule has 2 aromatic rings. The van der Waals surface area contributed by atoms with Gasteiger partial charge in [-0.1, -0.05) is 23.7 Å². The van der Waals surface area contributed by atoms with Crippen molar-refractivity contribution in [1.29, 1.82) is 0 Å². The highest BCUT2D eigenvalue weighted by atomic mass is 35.5. The highest BCUT2D eigenvalue weighted by molar-refractivity contribution is 6.30. The summed E-state index contributed by atoms with van der Waals surface area (Å²) in [5.74, 6) is 1.11. The molecular weight excluding hydrogens is 293 g/mol. The van der Waals surface area contributed by atoms with Gasteiger partial charge in [-0.3, -0.25) is 0 Å². The SMILES string of the molecule is COc1ccc(CNCc2ccc(F)c(Cl)c2)c(OC)c1. The molecule has 0 radical (unpaired) electrons. The lowest BCUT2D eigenvalue weighted by molar-refractivity contribution is 0.390. The van der Waals surface area contributed by atoms with Crippen LogP contribution in [0.1, 0.15) is 11.1 Å². The van der Waals surface area contributed by atoms with Gasteiger partial charge in [0.25, 0.3) is 0 Å². The van der Waals surface area contributed by atoms with E-state index in [-0.39, 0.29) is 5.02 Å². The van der Waals surface area contributed by atoms with Gasteiger partial charge >= 0.3 is 0 Å². The van der Waals surface area contributed by atoms with E-state index in [0.717, 1.165) is 22.6 Å². The van der Waals surface area contributed by atoms with E-state index in [1.165, 1.54) is 6.07 Å². The van der Waals surface area contributed by atoms with Crippen LogP contribution in [0.5, 0.6) is 11.5 Å². The maximum atomic E-state index is 13.1. The minimum absolute atomic E-state index is 0.135. The maximum absolute atomic E-state index is 13.1. The molecule has 0 saturated carbocycles. The summed E-state index contributed by atoms with van der Waals surface area (Å²) in [6, 6.07) is 10.4. The quantitative estimate of drug-likeness (QED) is 0.880. The Morgan fingerprint density at radius 3 is 2.52 bits per heavy atom. The maximum Gasteiger partial charge on any atom is 0.141 e. The van der Waals surface area contributed by atoms with Crippen molar-refractivity contribution < 1.29 is 13.9 Å².